The number of anilines is 1. The van der Waals surface area contributed by atoms with Crippen LogP contribution in [0.5, 0.6) is 0 Å². The largest absolute Gasteiger partial charge is 0.478 e. The summed E-state index contributed by atoms with van der Waals surface area (Å²) < 4.78 is 27.0. The van der Waals surface area contributed by atoms with Crippen molar-refractivity contribution >= 4 is 27.8 Å². The quantitative estimate of drug-likeness (QED) is 0.875. The van der Waals surface area contributed by atoms with Crippen LogP contribution < -0.4 is 4.31 Å². The average molecular weight is 329 g/mol. The molecule has 0 fully saturated rings. The molecule has 0 unspecified atom stereocenters. The van der Waals surface area contributed by atoms with E-state index in [0.29, 0.717) is 18.5 Å². The summed E-state index contributed by atoms with van der Waals surface area (Å²) in [6.45, 7) is 0.433. The molecule has 0 aromatic heterocycles. The predicted molar refractivity (Wildman–Crippen MR) is 87.8 cm³/mol. The normalized spacial score (nSPS) is 14.2. The van der Waals surface area contributed by atoms with E-state index in [1.54, 1.807) is 12.1 Å². The molecule has 1 aliphatic heterocycles. The van der Waals surface area contributed by atoms with Crippen LogP contribution in [0.4, 0.5) is 5.69 Å². The Morgan fingerprint density at radius 1 is 1.09 bits per heavy atom. The van der Waals surface area contributed by atoms with Gasteiger partial charge in [-0.3, -0.25) is 4.31 Å². The molecule has 2 aromatic rings. The maximum atomic E-state index is 12.8. The van der Waals surface area contributed by atoms with Crippen LogP contribution in [0.25, 0.3) is 6.08 Å². The number of sulfonamides is 1. The van der Waals surface area contributed by atoms with Crippen LogP contribution in [0.1, 0.15) is 11.1 Å². The van der Waals surface area contributed by atoms with Gasteiger partial charge in [0.25, 0.3) is 10.0 Å². The van der Waals surface area contributed by atoms with Crippen molar-refractivity contribution in [1.29, 1.82) is 0 Å². The predicted octanol–water partition coefficient (Wildman–Crippen LogP) is 2.54. The lowest BCUT2D eigenvalue weighted by molar-refractivity contribution is -0.131. The summed E-state index contributed by atoms with van der Waals surface area (Å²) in [6, 6.07) is 13.7. The van der Waals surface area contributed by atoms with Crippen molar-refractivity contribution in [3.63, 3.8) is 0 Å². The lowest BCUT2D eigenvalue weighted by atomic mass is 10.2. The van der Waals surface area contributed by atoms with Gasteiger partial charge in [-0.1, -0.05) is 30.3 Å². The number of aliphatic carboxylic acids is 1. The Morgan fingerprint density at radius 3 is 2.48 bits per heavy atom. The standard InChI is InChI=1S/C17H15NO4S/c19-17(20)10-7-13-5-8-15(9-6-13)23(21,22)18-12-11-14-3-1-2-4-16(14)18/h1-10H,11-12H2,(H,19,20). The minimum atomic E-state index is -3.61. The van der Waals surface area contributed by atoms with Crippen LogP contribution in [0.15, 0.2) is 59.5 Å². The summed E-state index contributed by atoms with van der Waals surface area (Å²) in [6.07, 6.45) is 3.14. The second kappa shape index (κ2) is 5.89. The van der Waals surface area contributed by atoms with Crippen LogP contribution >= 0.6 is 0 Å². The van der Waals surface area contributed by atoms with Crippen molar-refractivity contribution in [3.05, 3.63) is 65.7 Å². The van der Waals surface area contributed by atoms with Crippen LogP contribution in [0, 0.1) is 0 Å². The lowest BCUT2D eigenvalue weighted by Crippen LogP contribution is -2.29. The van der Waals surface area contributed by atoms with Crippen LogP contribution in [0.2, 0.25) is 0 Å². The fourth-order valence-corrected chi connectivity index (χ4v) is 4.11. The third-order valence-electron chi connectivity index (χ3n) is 3.73. The molecule has 0 radical (unpaired) electrons. The zero-order valence-electron chi connectivity index (χ0n) is 12.2. The maximum absolute atomic E-state index is 12.8. The molecular formula is C17H15NO4S. The number of hydrogen-bond acceptors (Lipinski definition) is 3. The van der Waals surface area contributed by atoms with Gasteiger partial charge in [0.15, 0.2) is 0 Å². The van der Waals surface area contributed by atoms with Gasteiger partial charge in [-0.25, -0.2) is 13.2 Å². The molecule has 0 amide bonds. The van der Waals surface area contributed by atoms with Crippen molar-refractivity contribution in [2.24, 2.45) is 0 Å². The van der Waals surface area contributed by atoms with Gasteiger partial charge in [0.1, 0.15) is 0 Å². The summed E-state index contributed by atoms with van der Waals surface area (Å²) in [5.41, 5.74) is 2.38. The van der Waals surface area contributed by atoms with Gasteiger partial charge in [-0.2, -0.15) is 0 Å². The first kappa shape index (κ1) is 15.3. The summed E-state index contributed by atoms with van der Waals surface area (Å²) >= 11 is 0. The fourth-order valence-electron chi connectivity index (χ4n) is 2.60. The van der Waals surface area contributed by atoms with E-state index >= 15 is 0 Å². The molecule has 0 spiro atoms. The van der Waals surface area contributed by atoms with E-state index in [4.69, 9.17) is 5.11 Å². The van der Waals surface area contributed by atoms with Crippen LogP contribution in [0.3, 0.4) is 0 Å². The van der Waals surface area contributed by atoms with Crippen LogP contribution in [-0.4, -0.2) is 26.0 Å². The van der Waals surface area contributed by atoms with Gasteiger partial charge < -0.3 is 5.11 Å². The van der Waals surface area contributed by atoms with Gasteiger partial charge >= 0.3 is 5.97 Å². The van der Waals surface area contributed by atoms with E-state index in [9.17, 15) is 13.2 Å². The number of benzene rings is 2. The number of fused-ring (bicyclic) bond motifs is 1. The molecule has 1 aliphatic rings. The first-order valence-corrected chi connectivity index (χ1v) is 8.54. The molecule has 23 heavy (non-hydrogen) atoms. The Hall–Kier alpha value is -2.60. The Kier molecular flexibility index (Phi) is 3.92. The number of hydrogen-bond donors (Lipinski definition) is 1. The molecule has 0 bridgehead atoms. The summed E-state index contributed by atoms with van der Waals surface area (Å²) in [5.74, 6) is -1.05. The molecule has 1 heterocycles. The topological polar surface area (TPSA) is 74.7 Å². The summed E-state index contributed by atoms with van der Waals surface area (Å²) in [7, 11) is -3.61. The number of carboxylic acids is 1. The molecule has 0 aliphatic carbocycles. The minimum absolute atomic E-state index is 0.196. The van der Waals surface area contributed by atoms with Crippen molar-refractivity contribution in [1.82, 2.24) is 0 Å². The third-order valence-corrected chi connectivity index (χ3v) is 5.56. The van der Waals surface area contributed by atoms with E-state index < -0.39 is 16.0 Å². The highest BCUT2D eigenvalue weighted by atomic mass is 32.2. The van der Waals surface area contributed by atoms with E-state index in [2.05, 4.69) is 0 Å². The van der Waals surface area contributed by atoms with E-state index in [0.717, 1.165) is 17.3 Å². The van der Waals surface area contributed by atoms with Crippen molar-refractivity contribution in [2.75, 3.05) is 10.8 Å². The van der Waals surface area contributed by atoms with Gasteiger partial charge in [0.2, 0.25) is 0 Å². The van der Waals surface area contributed by atoms with Gasteiger partial charge in [-0.15, -0.1) is 0 Å². The summed E-state index contributed by atoms with van der Waals surface area (Å²) in [5, 5.41) is 8.61. The number of nitrogens with zero attached hydrogens (tertiary/aromatic N) is 1. The minimum Gasteiger partial charge on any atom is -0.478 e. The van der Waals surface area contributed by atoms with Gasteiger partial charge in [0, 0.05) is 12.6 Å². The molecule has 0 saturated heterocycles. The van der Waals surface area contributed by atoms with Crippen molar-refractivity contribution < 1.29 is 18.3 Å². The Balaban J connectivity index is 1.91. The molecule has 1 N–H and O–H groups in total. The number of rotatable bonds is 4. The molecule has 6 heteroatoms. The first-order chi connectivity index (χ1) is 11.0. The monoisotopic (exact) mass is 329 g/mol. The second-order valence-corrected chi connectivity index (χ2v) is 7.06. The number of para-hydroxylation sites is 1. The zero-order valence-corrected chi connectivity index (χ0v) is 13.0. The van der Waals surface area contributed by atoms with E-state index in [-0.39, 0.29) is 4.90 Å². The van der Waals surface area contributed by atoms with Gasteiger partial charge in [-0.05, 0) is 41.8 Å². The van der Waals surface area contributed by atoms with E-state index in [1.807, 2.05) is 24.3 Å². The van der Waals surface area contributed by atoms with Gasteiger partial charge in [0.05, 0.1) is 10.6 Å². The number of carbonyl (C=O) groups is 1. The second-order valence-electron chi connectivity index (χ2n) is 5.20. The highest BCUT2D eigenvalue weighted by Gasteiger charge is 2.30. The van der Waals surface area contributed by atoms with Crippen LogP contribution in [-0.2, 0) is 21.2 Å². The zero-order chi connectivity index (χ0) is 16.4. The summed E-state index contributed by atoms with van der Waals surface area (Å²) in [4.78, 5) is 10.7. The maximum Gasteiger partial charge on any atom is 0.328 e. The van der Waals surface area contributed by atoms with Crippen molar-refractivity contribution in [2.45, 2.75) is 11.3 Å². The molecule has 5 nitrogen and oxygen atoms in total. The van der Waals surface area contributed by atoms with E-state index in [1.165, 1.54) is 22.5 Å². The Labute approximate surface area is 134 Å². The molecular weight excluding hydrogens is 314 g/mol. The molecule has 2 aromatic carbocycles. The Morgan fingerprint density at radius 2 is 1.78 bits per heavy atom. The SMILES string of the molecule is O=C(O)C=Cc1ccc(S(=O)(=O)N2CCc3ccccc32)cc1. The lowest BCUT2D eigenvalue weighted by Gasteiger charge is -2.19. The smallest absolute Gasteiger partial charge is 0.328 e. The first-order valence-electron chi connectivity index (χ1n) is 7.10. The van der Waals surface area contributed by atoms with Crippen molar-refractivity contribution in [3.8, 4) is 0 Å². The third kappa shape index (κ3) is 2.98. The number of carboxylic acid groups (broad SMARTS) is 1. The molecule has 118 valence electrons. The Bertz CT molecular complexity index is 870. The molecule has 3 rings (SSSR count). The highest BCUT2D eigenvalue weighted by molar-refractivity contribution is 7.92. The average Bonchev–Trinajstić information content (AvgIpc) is 2.98. The molecule has 0 atom stereocenters. The fraction of sp³-hybridized carbons (Fsp3) is 0.118. The molecule has 0 saturated carbocycles. The highest BCUT2D eigenvalue weighted by Crippen LogP contribution is 2.32.